The normalized spacial score (nSPS) is 11.9. The van der Waals surface area contributed by atoms with Crippen molar-refractivity contribution in [2.45, 2.75) is 0 Å². The average molecular weight is 806 g/mol. The minimum Gasteiger partial charge on any atom is -0.309 e. The van der Waals surface area contributed by atoms with Crippen molar-refractivity contribution in [1.82, 2.24) is 14.5 Å². The van der Waals surface area contributed by atoms with Gasteiger partial charge in [-0.05, 0) is 103 Å². The number of fused-ring (bicyclic) bond motifs is 12. The van der Waals surface area contributed by atoms with Crippen LogP contribution in [0.2, 0.25) is 0 Å². The number of nitrogens with zero attached hydrogens (tertiary/aromatic N) is 3. The molecule has 3 aromatic heterocycles. The maximum Gasteiger partial charge on any atom is 0.160 e. The maximum absolute atomic E-state index is 5.33. The molecule has 4 heteroatoms. The van der Waals surface area contributed by atoms with Gasteiger partial charge in [-0.15, -0.1) is 11.3 Å². The molecule has 0 unspecified atom stereocenters. The largest absolute Gasteiger partial charge is 0.309 e. The monoisotopic (exact) mass is 805 g/mol. The van der Waals surface area contributed by atoms with Gasteiger partial charge in [0.25, 0.3) is 0 Å². The molecule has 3 nitrogen and oxygen atoms in total. The molecular weight excluding hydrogens is 771 g/mol. The van der Waals surface area contributed by atoms with E-state index in [0.717, 1.165) is 55.0 Å². The molecule has 10 aromatic carbocycles. The molecule has 0 fully saturated rings. The Kier molecular flexibility index (Phi) is 7.78. The fourth-order valence-corrected chi connectivity index (χ4v) is 10.9. The van der Waals surface area contributed by atoms with Gasteiger partial charge in [0, 0.05) is 37.7 Å². The summed E-state index contributed by atoms with van der Waals surface area (Å²) in [6, 6.07) is 76.9. The van der Waals surface area contributed by atoms with E-state index in [-0.39, 0.29) is 0 Å². The first-order chi connectivity index (χ1) is 30.7. The highest BCUT2D eigenvalue weighted by Gasteiger charge is 2.20. The molecule has 13 aromatic rings. The van der Waals surface area contributed by atoms with Crippen LogP contribution in [0.15, 0.2) is 212 Å². The number of hydrogen-bond acceptors (Lipinski definition) is 3. The second-order valence-corrected chi connectivity index (χ2v) is 17.1. The number of benzene rings is 10. The third-order valence-corrected chi connectivity index (χ3v) is 13.7. The summed E-state index contributed by atoms with van der Waals surface area (Å²) < 4.78 is 4.73. The van der Waals surface area contributed by atoms with Crippen LogP contribution in [0.5, 0.6) is 0 Å². The molecule has 0 aliphatic carbocycles. The number of rotatable bonds is 5. The van der Waals surface area contributed by atoms with Gasteiger partial charge in [0.05, 0.1) is 26.9 Å². The Balaban J connectivity index is 1.03. The summed E-state index contributed by atoms with van der Waals surface area (Å²) in [5.74, 6) is 0.722. The Morgan fingerprint density at radius 2 is 0.935 bits per heavy atom. The highest BCUT2D eigenvalue weighted by atomic mass is 32.1. The number of para-hydroxylation sites is 1. The maximum atomic E-state index is 5.33. The molecule has 0 saturated heterocycles. The van der Waals surface area contributed by atoms with E-state index in [2.05, 4.69) is 217 Å². The highest BCUT2D eigenvalue weighted by molar-refractivity contribution is 7.26. The van der Waals surface area contributed by atoms with E-state index in [1.165, 1.54) is 70.0 Å². The van der Waals surface area contributed by atoms with Crippen molar-refractivity contribution in [3.05, 3.63) is 212 Å². The zero-order valence-corrected chi connectivity index (χ0v) is 34.3. The van der Waals surface area contributed by atoms with Crippen LogP contribution >= 0.6 is 11.3 Å². The number of thiophene rings is 1. The zero-order valence-electron chi connectivity index (χ0n) is 33.5. The second kappa shape index (κ2) is 13.8. The summed E-state index contributed by atoms with van der Waals surface area (Å²) in [4.78, 5) is 10.6. The lowest BCUT2D eigenvalue weighted by atomic mass is 9.91. The van der Waals surface area contributed by atoms with Crippen molar-refractivity contribution in [1.29, 1.82) is 0 Å². The molecule has 62 heavy (non-hydrogen) atoms. The van der Waals surface area contributed by atoms with E-state index in [1.807, 2.05) is 0 Å². The van der Waals surface area contributed by atoms with Crippen molar-refractivity contribution < 1.29 is 0 Å². The molecule has 0 aliphatic rings. The van der Waals surface area contributed by atoms with E-state index in [9.17, 15) is 0 Å². The molecular formula is C58H35N3S. The van der Waals surface area contributed by atoms with Crippen LogP contribution in [0.1, 0.15) is 0 Å². The Labute approximate surface area is 361 Å². The molecule has 0 aliphatic heterocycles. The van der Waals surface area contributed by atoms with Crippen molar-refractivity contribution in [3.63, 3.8) is 0 Å². The molecule has 0 saturated carbocycles. The zero-order chi connectivity index (χ0) is 40.7. The van der Waals surface area contributed by atoms with Crippen molar-refractivity contribution in [2.24, 2.45) is 0 Å². The molecule has 0 atom stereocenters. The molecule has 13 rings (SSSR count). The SMILES string of the molecule is c1ccc(-c2nc(-c3cccc(-c4cccc5c4c4cc(-c6ccc7c8ccccc8c8ccccc8c7c6)ccc4n5-c4ccccc4)c3)nc3c2sc2ccccc23)cc1. The summed E-state index contributed by atoms with van der Waals surface area (Å²) in [6.45, 7) is 0. The van der Waals surface area contributed by atoms with E-state index >= 15 is 0 Å². The molecule has 0 amide bonds. The van der Waals surface area contributed by atoms with E-state index < -0.39 is 0 Å². The summed E-state index contributed by atoms with van der Waals surface area (Å²) in [6.07, 6.45) is 0. The lowest BCUT2D eigenvalue weighted by Crippen LogP contribution is -1.94. The van der Waals surface area contributed by atoms with Gasteiger partial charge in [-0.1, -0.05) is 164 Å². The van der Waals surface area contributed by atoms with Gasteiger partial charge in [-0.3, -0.25) is 0 Å². The van der Waals surface area contributed by atoms with Gasteiger partial charge in [-0.25, -0.2) is 9.97 Å². The molecule has 0 spiro atoms. The lowest BCUT2D eigenvalue weighted by molar-refractivity contribution is 1.18. The lowest BCUT2D eigenvalue weighted by Gasteiger charge is -2.12. The molecule has 0 radical (unpaired) electrons. The molecule has 0 bridgehead atoms. The Morgan fingerprint density at radius 3 is 1.69 bits per heavy atom. The van der Waals surface area contributed by atoms with E-state index in [1.54, 1.807) is 11.3 Å². The predicted octanol–water partition coefficient (Wildman–Crippen LogP) is 16.1. The van der Waals surface area contributed by atoms with Gasteiger partial charge in [-0.2, -0.15) is 0 Å². The van der Waals surface area contributed by atoms with E-state index in [4.69, 9.17) is 9.97 Å². The Bertz CT molecular complexity index is 3880. The Morgan fingerprint density at radius 1 is 0.355 bits per heavy atom. The van der Waals surface area contributed by atoms with Gasteiger partial charge in [0.1, 0.15) is 0 Å². The Hall–Kier alpha value is -7.92. The number of aromatic nitrogens is 3. The molecule has 3 heterocycles. The van der Waals surface area contributed by atoms with Crippen LogP contribution in [0, 0.1) is 0 Å². The molecule has 0 N–H and O–H groups in total. The van der Waals surface area contributed by atoms with Gasteiger partial charge in [0.2, 0.25) is 0 Å². The van der Waals surface area contributed by atoms with Crippen molar-refractivity contribution in [2.75, 3.05) is 0 Å². The summed E-state index contributed by atoms with van der Waals surface area (Å²) in [7, 11) is 0. The fraction of sp³-hybridized carbons (Fsp3) is 0. The van der Waals surface area contributed by atoms with Crippen LogP contribution in [0.25, 0.3) is 125 Å². The third-order valence-electron chi connectivity index (χ3n) is 12.6. The third kappa shape index (κ3) is 5.37. The standard InChI is InChI=1S/C58H35N3S/c1-3-15-36(16-4-1)55-57-56(48-25-11-12-28-53(48)62-57)60-58(59-55)40-18-13-17-39(33-40)42-26-14-27-52-54(42)50-35-38(30-32-51(50)61(52)41-19-5-2-6-20-41)37-29-31-47-45-23-8-7-21-43(45)44-22-9-10-24-46(44)49(47)34-37/h1-35H. The predicted molar refractivity (Wildman–Crippen MR) is 264 cm³/mol. The first-order valence-corrected chi connectivity index (χ1v) is 21.9. The van der Waals surface area contributed by atoms with Crippen LogP contribution < -0.4 is 0 Å². The minimum absolute atomic E-state index is 0.722. The van der Waals surface area contributed by atoms with Gasteiger partial charge >= 0.3 is 0 Å². The van der Waals surface area contributed by atoms with Crippen LogP contribution in [0.4, 0.5) is 0 Å². The first-order valence-electron chi connectivity index (χ1n) is 21.1. The first kappa shape index (κ1) is 34.9. The summed E-state index contributed by atoms with van der Waals surface area (Å²) >= 11 is 1.76. The summed E-state index contributed by atoms with van der Waals surface area (Å²) in [5, 5.41) is 11.3. The average Bonchev–Trinajstić information content (AvgIpc) is 3.90. The smallest absolute Gasteiger partial charge is 0.160 e. The quantitative estimate of drug-likeness (QED) is 0.162. The highest BCUT2D eigenvalue weighted by Crippen LogP contribution is 2.44. The van der Waals surface area contributed by atoms with Crippen molar-refractivity contribution >= 4 is 85.8 Å². The van der Waals surface area contributed by atoms with Gasteiger partial charge in [0.15, 0.2) is 5.82 Å². The number of hydrogen-bond donors (Lipinski definition) is 0. The molecule has 288 valence electrons. The second-order valence-electron chi connectivity index (χ2n) is 16.1. The van der Waals surface area contributed by atoms with Crippen LogP contribution in [-0.4, -0.2) is 14.5 Å². The fourth-order valence-electron chi connectivity index (χ4n) is 9.77. The minimum atomic E-state index is 0.722. The summed E-state index contributed by atoms with van der Waals surface area (Å²) in [5.41, 5.74) is 12.2. The van der Waals surface area contributed by atoms with E-state index in [0.29, 0.717) is 0 Å². The topological polar surface area (TPSA) is 30.7 Å². The van der Waals surface area contributed by atoms with Gasteiger partial charge < -0.3 is 4.57 Å². The van der Waals surface area contributed by atoms with Crippen LogP contribution in [0.3, 0.4) is 0 Å². The van der Waals surface area contributed by atoms with Crippen molar-refractivity contribution in [3.8, 4) is 50.6 Å². The van der Waals surface area contributed by atoms with Crippen LogP contribution in [-0.2, 0) is 0 Å².